The van der Waals surface area contributed by atoms with Crippen molar-refractivity contribution in [2.75, 3.05) is 17.8 Å². The van der Waals surface area contributed by atoms with E-state index in [1.807, 2.05) is 6.92 Å². The van der Waals surface area contributed by atoms with Crippen LogP contribution >= 0.6 is 0 Å². The highest BCUT2D eigenvalue weighted by atomic mass is 16.7. The largest absolute Gasteiger partial charge is 0.454 e. The number of carbonyl (C=O) groups excluding carboxylic acids is 1. The van der Waals surface area contributed by atoms with E-state index in [2.05, 4.69) is 15.4 Å². The van der Waals surface area contributed by atoms with Crippen molar-refractivity contribution in [3.63, 3.8) is 0 Å². The maximum atomic E-state index is 11.3. The number of fused-ring (bicyclic) bond motifs is 1. The van der Waals surface area contributed by atoms with Gasteiger partial charge < -0.3 is 20.5 Å². The van der Waals surface area contributed by atoms with Crippen molar-refractivity contribution < 1.29 is 14.3 Å². The van der Waals surface area contributed by atoms with Gasteiger partial charge in [0.2, 0.25) is 18.6 Å². The Morgan fingerprint density at radius 1 is 1.45 bits per heavy atom. The van der Waals surface area contributed by atoms with E-state index in [0.29, 0.717) is 22.7 Å². The van der Waals surface area contributed by atoms with Gasteiger partial charge in [-0.05, 0) is 13.0 Å². The van der Waals surface area contributed by atoms with Gasteiger partial charge >= 0.3 is 0 Å². The zero-order valence-electron chi connectivity index (χ0n) is 12.2. The SMILES string of the molecule is CC(=O)Nc1cc2c(cc1C=Nn1cc(C)nc1N)OCO2. The number of nitrogen functional groups attached to an aromatic ring is 1. The number of carbonyl (C=O) groups is 1. The first-order chi connectivity index (χ1) is 10.5. The van der Waals surface area contributed by atoms with E-state index in [0.717, 1.165) is 5.69 Å². The number of hydrogen-bond donors (Lipinski definition) is 2. The van der Waals surface area contributed by atoms with Crippen LogP contribution in [0.1, 0.15) is 18.2 Å². The first-order valence-electron chi connectivity index (χ1n) is 6.60. The minimum Gasteiger partial charge on any atom is -0.454 e. The molecule has 0 saturated carbocycles. The predicted molar refractivity (Wildman–Crippen MR) is 81.2 cm³/mol. The molecule has 1 aromatic carbocycles. The van der Waals surface area contributed by atoms with Crippen LogP contribution in [-0.2, 0) is 4.79 Å². The molecule has 1 aromatic heterocycles. The lowest BCUT2D eigenvalue weighted by Gasteiger charge is -2.08. The normalized spacial score (nSPS) is 12.8. The molecular weight excluding hydrogens is 286 g/mol. The summed E-state index contributed by atoms with van der Waals surface area (Å²) in [6.45, 7) is 3.41. The van der Waals surface area contributed by atoms with E-state index in [-0.39, 0.29) is 18.6 Å². The molecule has 0 unspecified atom stereocenters. The van der Waals surface area contributed by atoms with Crippen LogP contribution in [0.3, 0.4) is 0 Å². The summed E-state index contributed by atoms with van der Waals surface area (Å²) in [7, 11) is 0. The van der Waals surface area contributed by atoms with Crippen LogP contribution in [0.25, 0.3) is 0 Å². The van der Waals surface area contributed by atoms with Gasteiger partial charge in [-0.1, -0.05) is 0 Å². The van der Waals surface area contributed by atoms with Crippen LogP contribution < -0.4 is 20.5 Å². The summed E-state index contributed by atoms with van der Waals surface area (Å²) < 4.78 is 12.1. The molecular formula is C14H15N5O3. The van der Waals surface area contributed by atoms with E-state index in [9.17, 15) is 4.79 Å². The molecule has 22 heavy (non-hydrogen) atoms. The van der Waals surface area contributed by atoms with Crippen LogP contribution in [0.5, 0.6) is 11.5 Å². The van der Waals surface area contributed by atoms with Gasteiger partial charge in [0, 0.05) is 18.6 Å². The molecule has 0 spiro atoms. The van der Waals surface area contributed by atoms with Crippen LogP contribution in [0.15, 0.2) is 23.4 Å². The van der Waals surface area contributed by atoms with Gasteiger partial charge in [0.25, 0.3) is 0 Å². The second-order valence-electron chi connectivity index (χ2n) is 4.80. The molecule has 114 valence electrons. The van der Waals surface area contributed by atoms with Crippen molar-refractivity contribution in [2.45, 2.75) is 13.8 Å². The Labute approximate surface area is 126 Å². The summed E-state index contributed by atoms with van der Waals surface area (Å²) in [5.74, 6) is 1.28. The fourth-order valence-electron chi connectivity index (χ4n) is 2.08. The Morgan fingerprint density at radius 3 is 2.82 bits per heavy atom. The Balaban J connectivity index is 1.97. The fraction of sp³-hybridized carbons (Fsp3) is 0.214. The summed E-state index contributed by atoms with van der Waals surface area (Å²) in [6, 6.07) is 3.45. The van der Waals surface area contributed by atoms with E-state index in [1.54, 1.807) is 24.5 Å². The van der Waals surface area contributed by atoms with Gasteiger partial charge in [0.05, 0.1) is 23.8 Å². The van der Waals surface area contributed by atoms with Gasteiger partial charge in [-0.2, -0.15) is 5.10 Å². The number of imidazole rings is 1. The number of ether oxygens (including phenoxy) is 2. The third-order valence-electron chi connectivity index (χ3n) is 3.01. The lowest BCUT2D eigenvalue weighted by atomic mass is 10.1. The van der Waals surface area contributed by atoms with Crippen LogP contribution in [-0.4, -0.2) is 28.6 Å². The molecule has 0 aliphatic carbocycles. The average Bonchev–Trinajstić information content (AvgIpc) is 3.01. The van der Waals surface area contributed by atoms with Crippen molar-refractivity contribution in [2.24, 2.45) is 5.10 Å². The molecule has 1 amide bonds. The molecule has 8 nitrogen and oxygen atoms in total. The summed E-state index contributed by atoms with van der Waals surface area (Å²) in [5.41, 5.74) is 7.76. The first kappa shape index (κ1) is 13.9. The number of aryl methyl sites for hydroxylation is 1. The molecule has 2 aromatic rings. The molecule has 3 N–H and O–H groups in total. The van der Waals surface area contributed by atoms with Crippen molar-refractivity contribution >= 4 is 23.8 Å². The van der Waals surface area contributed by atoms with Crippen molar-refractivity contribution in [3.8, 4) is 11.5 Å². The maximum Gasteiger partial charge on any atom is 0.231 e. The second-order valence-corrected chi connectivity index (χ2v) is 4.80. The molecule has 0 saturated heterocycles. The van der Waals surface area contributed by atoms with E-state index in [1.165, 1.54) is 11.6 Å². The third kappa shape index (κ3) is 2.71. The predicted octanol–water partition coefficient (Wildman–Crippen LogP) is 1.34. The maximum absolute atomic E-state index is 11.3. The number of benzene rings is 1. The van der Waals surface area contributed by atoms with E-state index in [4.69, 9.17) is 15.2 Å². The third-order valence-corrected chi connectivity index (χ3v) is 3.01. The summed E-state index contributed by atoms with van der Waals surface area (Å²) in [4.78, 5) is 15.4. The molecule has 1 aliphatic rings. The van der Waals surface area contributed by atoms with Gasteiger partial charge in [-0.3, -0.25) is 4.79 Å². The fourth-order valence-corrected chi connectivity index (χ4v) is 2.08. The highest BCUT2D eigenvalue weighted by Crippen LogP contribution is 2.36. The van der Waals surface area contributed by atoms with Crippen LogP contribution in [0.4, 0.5) is 11.6 Å². The van der Waals surface area contributed by atoms with E-state index >= 15 is 0 Å². The van der Waals surface area contributed by atoms with Crippen molar-refractivity contribution in [3.05, 3.63) is 29.6 Å². The van der Waals surface area contributed by atoms with Gasteiger partial charge in [-0.25, -0.2) is 9.66 Å². The standard InChI is InChI=1S/C14H15N5O3/c1-8-6-19(14(15)17-8)16-5-10-3-12-13(22-7-21-12)4-11(10)18-9(2)20/h3-6H,7H2,1-2H3,(H2,15,17)(H,18,20). The molecule has 8 heteroatoms. The minimum absolute atomic E-state index is 0.156. The summed E-state index contributed by atoms with van der Waals surface area (Å²) >= 11 is 0. The smallest absolute Gasteiger partial charge is 0.231 e. The molecule has 0 atom stereocenters. The number of nitrogens with zero attached hydrogens (tertiary/aromatic N) is 3. The first-order valence-corrected chi connectivity index (χ1v) is 6.60. The number of rotatable bonds is 3. The number of anilines is 2. The summed E-state index contributed by atoms with van der Waals surface area (Å²) in [6.07, 6.45) is 3.28. The number of hydrogen-bond acceptors (Lipinski definition) is 6. The monoisotopic (exact) mass is 301 g/mol. The van der Waals surface area contributed by atoms with Crippen LogP contribution in [0.2, 0.25) is 0 Å². The highest BCUT2D eigenvalue weighted by molar-refractivity contribution is 5.97. The molecule has 0 bridgehead atoms. The molecule has 0 fully saturated rings. The molecule has 3 rings (SSSR count). The molecule has 1 aliphatic heterocycles. The zero-order chi connectivity index (χ0) is 15.7. The highest BCUT2D eigenvalue weighted by Gasteiger charge is 2.17. The average molecular weight is 301 g/mol. The Kier molecular flexibility index (Phi) is 3.42. The Hall–Kier alpha value is -3.03. The molecule has 2 heterocycles. The second kappa shape index (κ2) is 5.40. The Morgan fingerprint density at radius 2 is 2.18 bits per heavy atom. The zero-order valence-corrected chi connectivity index (χ0v) is 12.2. The summed E-state index contributed by atoms with van der Waals surface area (Å²) in [5, 5.41) is 6.98. The lowest BCUT2D eigenvalue weighted by Crippen LogP contribution is -2.08. The van der Waals surface area contributed by atoms with Crippen molar-refractivity contribution in [1.82, 2.24) is 9.66 Å². The van der Waals surface area contributed by atoms with Crippen LogP contribution in [0, 0.1) is 6.92 Å². The van der Waals surface area contributed by atoms with Gasteiger partial charge in [0.1, 0.15) is 0 Å². The number of aromatic nitrogens is 2. The van der Waals surface area contributed by atoms with Gasteiger partial charge in [0.15, 0.2) is 11.5 Å². The van der Waals surface area contributed by atoms with Gasteiger partial charge in [-0.15, -0.1) is 0 Å². The molecule has 0 radical (unpaired) electrons. The quantitative estimate of drug-likeness (QED) is 0.833. The number of nitrogens with one attached hydrogen (secondary N) is 1. The lowest BCUT2D eigenvalue weighted by molar-refractivity contribution is -0.114. The van der Waals surface area contributed by atoms with E-state index < -0.39 is 0 Å². The number of nitrogens with two attached hydrogens (primary N) is 1. The van der Waals surface area contributed by atoms with Crippen molar-refractivity contribution in [1.29, 1.82) is 0 Å². The topological polar surface area (TPSA) is 104 Å². The Bertz CT molecular complexity index is 766. The number of amides is 1. The minimum atomic E-state index is -0.188.